The maximum atomic E-state index is 6.08. The summed E-state index contributed by atoms with van der Waals surface area (Å²) in [5.74, 6) is 0.678. The number of halogens is 2. The van der Waals surface area contributed by atoms with Crippen LogP contribution < -0.4 is 5.73 Å². The van der Waals surface area contributed by atoms with E-state index in [2.05, 4.69) is 15.9 Å². The van der Waals surface area contributed by atoms with Gasteiger partial charge in [0, 0.05) is 15.5 Å². The summed E-state index contributed by atoms with van der Waals surface area (Å²) in [6, 6.07) is 5.98. The predicted octanol–water partition coefficient (Wildman–Crippen LogP) is 3.51. The first-order valence-electron chi connectivity index (χ1n) is 4.39. The second-order valence-electron chi connectivity index (χ2n) is 3.53. The molecule has 1 aromatic rings. The van der Waals surface area contributed by atoms with Crippen molar-refractivity contribution in [2.75, 3.05) is 0 Å². The van der Waals surface area contributed by atoms with Crippen LogP contribution in [0, 0.1) is 5.92 Å². The number of rotatable bonds is 2. The number of hydrogen-bond acceptors (Lipinski definition) is 1. The van der Waals surface area contributed by atoms with Crippen molar-refractivity contribution in [1.82, 2.24) is 0 Å². The van der Waals surface area contributed by atoms with Crippen LogP contribution in [-0.4, -0.2) is 0 Å². The van der Waals surface area contributed by atoms with E-state index >= 15 is 0 Å². The second kappa shape index (κ2) is 3.60. The molecular weight excluding hydrogens is 249 g/mol. The molecule has 1 aliphatic rings. The Labute approximate surface area is 91.4 Å². The number of benzene rings is 1. The molecule has 1 saturated carbocycles. The first-order chi connectivity index (χ1) is 6.18. The monoisotopic (exact) mass is 259 g/mol. The van der Waals surface area contributed by atoms with Crippen molar-refractivity contribution in [3.63, 3.8) is 0 Å². The fourth-order valence-electron chi connectivity index (χ4n) is 1.48. The summed E-state index contributed by atoms with van der Waals surface area (Å²) in [4.78, 5) is 0. The van der Waals surface area contributed by atoms with Crippen molar-refractivity contribution in [1.29, 1.82) is 0 Å². The topological polar surface area (TPSA) is 26.0 Å². The molecule has 1 atom stereocenters. The first kappa shape index (κ1) is 9.50. The molecule has 1 fully saturated rings. The minimum atomic E-state index is 0.173. The zero-order valence-electron chi connectivity index (χ0n) is 7.13. The highest BCUT2D eigenvalue weighted by atomic mass is 79.9. The summed E-state index contributed by atoms with van der Waals surface area (Å²) >= 11 is 9.33. The molecule has 0 saturated heterocycles. The van der Waals surface area contributed by atoms with Crippen molar-refractivity contribution in [2.45, 2.75) is 18.9 Å². The highest BCUT2D eigenvalue weighted by Crippen LogP contribution is 2.41. The molecule has 3 heteroatoms. The molecule has 1 aromatic carbocycles. The number of nitrogens with two attached hydrogens (primary N) is 1. The molecule has 0 amide bonds. The van der Waals surface area contributed by atoms with Crippen LogP contribution >= 0.6 is 27.5 Å². The minimum Gasteiger partial charge on any atom is -0.324 e. The summed E-state index contributed by atoms with van der Waals surface area (Å²) in [5.41, 5.74) is 7.25. The van der Waals surface area contributed by atoms with Gasteiger partial charge < -0.3 is 5.73 Å². The van der Waals surface area contributed by atoms with Crippen LogP contribution in [0.15, 0.2) is 22.7 Å². The fraction of sp³-hybridized carbons (Fsp3) is 0.400. The molecular formula is C10H11BrClN. The Kier molecular flexibility index (Phi) is 2.63. The molecule has 0 radical (unpaired) electrons. The Hall–Kier alpha value is -0.0500. The summed E-state index contributed by atoms with van der Waals surface area (Å²) in [5, 5.41) is 0.749. The van der Waals surface area contributed by atoms with Crippen molar-refractivity contribution >= 4 is 27.5 Å². The lowest BCUT2D eigenvalue weighted by atomic mass is 10.0. The lowest BCUT2D eigenvalue weighted by Crippen LogP contribution is -2.12. The lowest BCUT2D eigenvalue weighted by Gasteiger charge is -2.12. The first-order valence-corrected chi connectivity index (χ1v) is 5.56. The van der Waals surface area contributed by atoms with Gasteiger partial charge in [0.15, 0.2) is 0 Å². The van der Waals surface area contributed by atoms with E-state index in [9.17, 15) is 0 Å². The largest absolute Gasteiger partial charge is 0.324 e. The van der Waals surface area contributed by atoms with Crippen molar-refractivity contribution in [2.24, 2.45) is 11.7 Å². The van der Waals surface area contributed by atoms with E-state index in [1.807, 2.05) is 18.2 Å². The average molecular weight is 261 g/mol. The zero-order valence-corrected chi connectivity index (χ0v) is 9.48. The average Bonchev–Trinajstić information content (AvgIpc) is 2.85. The molecule has 70 valence electrons. The van der Waals surface area contributed by atoms with Crippen LogP contribution in [0.1, 0.15) is 24.4 Å². The summed E-state index contributed by atoms with van der Waals surface area (Å²) in [6.45, 7) is 0. The highest BCUT2D eigenvalue weighted by Gasteiger charge is 2.30. The van der Waals surface area contributed by atoms with E-state index in [1.165, 1.54) is 18.4 Å². The van der Waals surface area contributed by atoms with Gasteiger partial charge in [0.05, 0.1) is 0 Å². The van der Waals surface area contributed by atoms with Gasteiger partial charge in [0.1, 0.15) is 0 Å². The van der Waals surface area contributed by atoms with Crippen molar-refractivity contribution in [3.05, 3.63) is 33.3 Å². The molecule has 0 bridgehead atoms. The van der Waals surface area contributed by atoms with Gasteiger partial charge in [-0.05, 0) is 36.5 Å². The third kappa shape index (κ3) is 2.06. The van der Waals surface area contributed by atoms with Gasteiger partial charge in [-0.3, -0.25) is 0 Å². The van der Waals surface area contributed by atoms with Crippen molar-refractivity contribution in [3.8, 4) is 0 Å². The Morgan fingerprint density at radius 3 is 2.69 bits per heavy atom. The van der Waals surface area contributed by atoms with Crippen LogP contribution in [0.2, 0.25) is 5.02 Å². The molecule has 0 aliphatic heterocycles. The molecule has 0 spiro atoms. The third-order valence-electron chi connectivity index (χ3n) is 2.45. The number of hydrogen-bond donors (Lipinski definition) is 1. The minimum absolute atomic E-state index is 0.173. The predicted molar refractivity (Wildman–Crippen MR) is 58.8 cm³/mol. The van der Waals surface area contributed by atoms with Crippen LogP contribution in [0.5, 0.6) is 0 Å². The standard InChI is InChI=1S/C10H11BrClN/c11-9-5-7(12)3-4-8(9)10(13)6-1-2-6/h3-6,10H,1-2,13H2/t10-/m1/s1. The summed E-state index contributed by atoms with van der Waals surface area (Å²) in [6.07, 6.45) is 2.52. The Morgan fingerprint density at radius 2 is 2.15 bits per heavy atom. The van der Waals surface area contributed by atoms with E-state index in [0.29, 0.717) is 5.92 Å². The lowest BCUT2D eigenvalue weighted by molar-refractivity contribution is 0.631. The molecule has 0 heterocycles. The Morgan fingerprint density at radius 1 is 1.46 bits per heavy atom. The molecule has 13 heavy (non-hydrogen) atoms. The van der Waals surface area contributed by atoms with E-state index in [4.69, 9.17) is 17.3 Å². The zero-order chi connectivity index (χ0) is 9.42. The smallest absolute Gasteiger partial charge is 0.0417 e. The molecule has 1 nitrogen and oxygen atoms in total. The maximum absolute atomic E-state index is 6.08. The molecule has 2 N–H and O–H groups in total. The molecule has 0 unspecified atom stereocenters. The van der Waals surface area contributed by atoms with E-state index in [1.54, 1.807) is 0 Å². The van der Waals surface area contributed by atoms with Crippen LogP contribution in [-0.2, 0) is 0 Å². The van der Waals surface area contributed by atoms with Crippen LogP contribution in [0.3, 0.4) is 0 Å². The summed E-state index contributed by atoms with van der Waals surface area (Å²) in [7, 11) is 0. The van der Waals surface area contributed by atoms with Gasteiger partial charge in [-0.2, -0.15) is 0 Å². The third-order valence-corrected chi connectivity index (χ3v) is 3.37. The summed E-state index contributed by atoms with van der Waals surface area (Å²) < 4.78 is 1.03. The Balaban J connectivity index is 2.28. The molecule has 0 aromatic heterocycles. The normalized spacial score (nSPS) is 18.7. The fourth-order valence-corrected chi connectivity index (χ4v) is 2.43. The molecule has 1 aliphatic carbocycles. The van der Waals surface area contributed by atoms with E-state index in [0.717, 1.165) is 9.50 Å². The Bertz CT molecular complexity index is 323. The van der Waals surface area contributed by atoms with Gasteiger partial charge >= 0.3 is 0 Å². The second-order valence-corrected chi connectivity index (χ2v) is 4.82. The van der Waals surface area contributed by atoms with Crippen LogP contribution in [0.4, 0.5) is 0 Å². The van der Waals surface area contributed by atoms with E-state index < -0.39 is 0 Å². The van der Waals surface area contributed by atoms with Gasteiger partial charge in [-0.1, -0.05) is 33.6 Å². The SMILES string of the molecule is N[C@@H](c1ccc(Cl)cc1Br)C1CC1. The van der Waals surface area contributed by atoms with Gasteiger partial charge in [-0.15, -0.1) is 0 Å². The van der Waals surface area contributed by atoms with Gasteiger partial charge in [-0.25, -0.2) is 0 Å². The van der Waals surface area contributed by atoms with Gasteiger partial charge in [0.2, 0.25) is 0 Å². The highest BCUT2D eigenvalue weighted by molar-refractivity contribution is 9.10. The quantitative estimate of drug-likeness (QED) is 0.865. The van der Waals surface area contributed by atoms with Gasteiger partial charge in [0.25, 0.3) is 0 Å². The van der Waals surface area contributed by atoms with Crippen molar-refractivity contribution < 1.29 is 0 Å². The molecule has 2 rings (SSSR count). The van der Waals surface area contributed by atoms with E-state index in [-0.39, 0.29) is 6.04 Å². The maximum Gasteiger partial charge on any atom is 0.0417 e. The van der Waals surface area contributed by atoms with Crippen LogP contribution in [0.25, 0.3) is 0 Å².